The molecule has 0 unspecified atom stereocenters. The lowest BCUT2D eigenvalue weighted by Crippen LogP contribution is -2.11. The minimum Gasteiger partial charge on any atom is -0.497 e. The lowest BCUT2D eigenvalue weighted by molar-refractivity contribution is 0.116. The zero-order valence-corrected chi connectivity index (χ0v) is 12.2. The lowest BCUT2D eigenvalue weighted by Gasteiger charge is -2.05. The van der Waals surface area contributed by atoms with E-state index in [4.69, 9.17) is 14.2 Å². The van der Waals surface area contributed by atoms with Crippen LogP contribution in [0.2, 0.25) is 0 Å². The molecule has 3 atom stereocenters. The van der Waals surface area contributed by atoms with Crippen LogP contribution < -0.4 is 4.74 Å². The molecule has 1 aromatic carbocycles. The van der Waals surface area contributed by atoms with Crippen molar-refractivity contribution in [1.82, 2.24) is 0 Å². The van der Waals surface area contributed by atoms with Gasteiger partial charge in [-0.05, 0) is 43.9 Å². The van der Waals surface area contributed by atoms with E-state index in [9.17, 15) is 5.11 Å². The van der Waals surface area contributed by atoms with Crippen LogP contribution in [-0.2, 0) is 16.1 Å². The van der Waals surface area contributed by atoms with Gasteiger partial charge in [0, 0.05) is 6.61 Å². The first-order valence-corrected chi connectivity index (χ1v) is 7.25. The average Bonchev–Trinajstić information content (AvgIpc) is 3.23. The fourth-order valence-corrected chi connectivity index (χ4v) is 2.27. The van der Waals surface area contributed by atoms with Crippen LogP contribution in [0.3, 0.4) is 0 Å². The van der Waals surface area contributed by atoms with E-state index in [0.717, 1.165) is 37.2 Å². The number of ether oxygens (including phenoxy) is 3. The molecule has 0 saturated carbocycles. The normalized spacial score (nSPS) is 22.6. The van der Waals surface area contributed by atoms with Crippen molar-refractivity contribution in [2.75, 3.05) is 13.7 Å². The molecular formula is C16H24O4. The largest absolute Gasteiger partial charge is 0.497 e. The second-order valence-electron chi connectivity index (χ2n) is 5.28. The van der Waals surface area contributed by atoms with Crippen LogP contribution in [0.15, 0.2) is 24.3 Å². The third-order valence-corrected chi connectivity index (χ3v) is 3.55. The van der Waals surface area contributed by atoms with E-state index in [2.05, 4.69) is 0 Å². The molecule has 0 radical (unpaired) electrons. The number of aliphatic hydroxyl groups is 1. The quantitative estimate of drug-likeness (QED) is 0.558. The Morgan fingerprint density at radius 2 is 2.00 bits per heavy atom. The Hall–Kier alpha value is -1.10. The molecule has 1 aromatic rings. The third kappa shape index (κ3) is 4.78. The number of epoxide rings is 1. The van der Waals surface area contributed by atoms with Gasteiger partial charge in [-0.25, -0.2) is 0 Å². The number of methoxy groups -OCH3 is 1. The van der Waals surface area contributed by atoms with Gasteiger partial charge in [0.25, 0.3) is 0 Å². The minimum absolute atomic E-state index is 0.0650. The zero-order valence-electron chi connectivity index (χ0n) is 12.2. The Balaban J connectivity index is 1.49. The Labute approximate surface area is 120 Å². The fraction of sp³-hybridized carbons (Fsp3) is 0.625. The highest BCUT2D eigenvalue weighted by atomic mass is 16.6. The van der Waals surface area contributed by atoms with Gasteiger partial charge < -0.3 is 19.3 Å². The first-order chi connectivity index (χ1) is 9.70. The third-order valence-electron chi connectivity index (χ3n) is 3.55. The molecule has 2 rings (SSSR count). The Morgan fingerprint density at radius 1 is 1.25 bits per heavy atom. The van der Waals surface area contributed by atoms with Crippen molar-refractivity contribution in [3.63, 3.8) is 0 Å². The molecule has 20 heavy (non-hydrogen) atoms. The maximum absolute atomic E-state index is 9.31. The minimum atomic E-state index is -0.341. The smallest absolute Gasteiger partial charge is 0.118 e. The predicted octanol–water partition coefficient (Wildman–Crippen LogP) is 2.53. The monoisotopic (exact) mass is 280 g/mol. The lowest BCUT2D eigenvalue weighted by atomic mass is 10.1. The van der Waals surface area contributed by atoms with Crippen LogP contribution in [0.25, 0.3) is 0 Å². The van der Waals surface area contributed by atoms with Gasteiger partial charge in [-0.15, -0.1) is 0 Å². The van der Waals surface area contributed by atoms with Crippen molar-refractivity contribution in [3.05, 3.63) is 29.8 Å². The average molecular weight is 280 g/mol. The number of hydrogen-bond acceptors (Lipinski definition) is 4. The molecule has 1 heterocycles. The van der Waals surface area contributed by atoms with E-state index < -0.39 is 0 Å². The van der Waals surface area contributed by atoms with E-state index in [1.54, 1.807) is 14.0 Å². The summed E-state index contributed by atoms with van der Waals surface area (Å²) in [6, 6.07) is 7.92. The summed E-state index contributed by atoms with van der Waals surface area (Å²) < 4.78 is 16.1. The molecule has 1 saturated heterocycles. The summed E-state index contributed by atoms with van der Waals surface area (Å²) in [6.07, 6.45) is 3.11. The van der Waals surface area contributed by atoms with E-state index in [1.165, 1.54) is 0 Å². The highest BCUT2D eigenvalue weighted by Gasteiger charge is 2.41. The molecule has 0 aliphatic carbocycles. The van der Waals surface area contributed by atoms with Crippen molar-refractivity contribution in [2.45, 2.75) is 51.1 Å². The standard InChI is InChI=1S/C16H24O4/c1-12(17)16-15(20-16)5-3-4-10-19-11-13-6-8-14(18-2)9-7-13/h6-9,12,15-17H,3-5,10-11H2,1-2H3/t12-,15-,16+/m1/s1. The summed E-state index contributed by atoms with van der Waals surface area (Å²) in [5, 5.41) is 9.31. The summed E-state index contributed by atoms with van der Waals surface area (Å²) >= 11 is 0. The van der Waals surface area contributed by atoms with Crippen LogP contribution in [-0.4, -0.2) is 37.1 Å². The van der Waals surface area contributed by atoms with E-state index in [-0.39, 0.29) is 18.3 Å². The van der Waals surface area contributed by atoms with E-state index in [0.29, 0.717) is 6.61 Å². The highest BCUT2D eigenvalue weighted by molar-refractivity contribution is 5.26. The molecule has 1 fully saturated rings. The van der Waals surface area contributed by atoms with Crippen molar-refractivity contribution < 1.29 is 19.3 Å². The molecule has 0 spiro atoms. The predicted molar refractivity (Wildman–Crippen MR) is 76.8 cm³/mol. The first-order valence-electron chi connectivity index (χ1n) is 7.25. The number of hydrogen-bond donors (Lipinski definition) is 1. The number of rotatable bonds is 9. The Morgan fingerprint density at radius 3 is 2.60 bits per heavy atom. The number of unbranched alkanes of at least 4 members (excludes halogenated alkanes) is 1. The molecule has 112 valence electrons. The van der Waals surface area contributed by atoms with Gasteiger partial charge in [0.1, 0.15) is 11.9 Å². The second-order valence-corrected chi connectivity index (χ2v) is 5.28. The summed E-state index contributed by atoms with van der Waals surface area (Å²) in [5.74, 6) is 0.867. The van der Waals surface area contributed by atoms with Crippen LogP contribution in [0.1, 0.15) is 31.7 Å². The van der Waals surface area contributed by atoms with Gasteiger partial charge in [0.05, 0.1) is 25.9 Å². The van der Waals surface area contributed by atoms with Gasteiger partial charge in [-0.2, -0.15) is 0 Å². The van der Waals surface area contributed by atoms with Crippen LogP contribution >= 0.6 is 0 Å². The zero-order chi connectivity index (χ0) is 14.4. The molecule has 4 heteroatoms. The number of benzene rings is 1. The summed E-state index contributed by atoms with van der Waals surface area (Å²) in [4.78, 5) is 0. The molecule has 0 amide bonds. The Bertz CT molecular complexity index is 388. The van der Waals surface area contributed by atoms with Gasteiger partial charge in [-0.3, -0.25) is 0 Å². The summed E-state index contributed by atoms with van der Waals surface area (Å²) in [7, 11) is 1.66. The molecule has 0 bridgehead atoms. The highest BCUT2D eigenvalue weighted by Crippen LogP contribution is 2.29. The van der Waals surface area contributed by atoms with E-state index in [1.807, 2.05) is 24.3 Å². The maximum atomic E-state index is 9.31. The van der Waals surface area contributed by atoms with Gasteiger partial charge in [-0.1, -0.05) is 12.1 Å². The van der Waals surface area contributed by atoms with Crippen molar-refractivity contribution >= 4 is 0 Å². The SMILES string of the molecule is COc1ccc(COCCCC[C@H]2O[C@H]2[C@@H](C)O)cc1. The molecule has 1 aliphatic rings. The van der Waals surface area contributed by atoms with Crippen LogP contribution in [0.4, 0.5) is 0 Å². The fourth-order valence-electron chi connectivity index (χ4n) is 2.27. The first kappa shape index (κ1) is 15.3. The van der Waals surface area contributed by atoms with Crippen molar-refractivity contribution in [1.29, 1.82) is 0 Å². The molecule has 0 aromatic heterocycles. The Kier molecular flexibility index (Phi) is 5.83. The van der Waals surface area contributed by atoms with Crippen LogP contribution in [0.5, 0.6) is 5.75 Å². The van der Waals surface area contributed by atoms with Crippen molar-refractivity contribution in [2.24, 2.45) is 0 Å². The molecule has 4 nitrogen and oxygen atoms in total. The van der Waals surface area contributed by atoms with Crippen LogP contribution in [0, 0.1) is 0 Å². The molecule has 1 N–H and O–H groups in total. The second kappa shape index (κ2) is 7.62. The molecular weight excluding hydrogens is 256 g/mol. The van der Waals surface area contributed by atoms with Crippen molar-refractivity contribution in [3.8, 4) is 5.75 Å². The topological polar surface area (TPSA) is 51.2 Å². The summed E-state index contributed by atoms with van der Waals surface area (Å²) in [6.45, 7) is 3.18. The van der Waals surface area contributed by atoms with E-state index >= 15 is 0 Å². The van der Waals surface area contributed by atoms with Gasteiger partial charge in [0.15, 0.2) is 0 Å². The maximum Gasteiger partial charge on any atom is 0.118 e. The summed E-state index contributed by atoms with van der Waals surface area (Å²) in [5.41, 5.74) is 1.16. The van der Waals surface area contributed by atoms with Gasteiger partial charge in [0.2, 0.25) is 0 Å². The number of aliphatic hydroxyl groups excluding tert-OH is 1. The van der Waals surface area contributed by atoms with Gasteiger partial charge >= 0.3 is 0 Å². The molecule has 1 aliphatic heterocycles.